The number of carboxylic acid groups (broad SMARTS) is 1. The molecule has 208 valence electrons. The van der Waals surface area contributed by atoms with Crippen LogP contribution in [0.4, 0.5) is 0 Å². The largest absolute Gasteiger partial charge is 0.507 e. The number of rotatable bonds is 8. The van der Waals surface area contributed by atoms with Crippen LogP contribution in [0, 0.1) is 0 Å². The molecular weight excluding hydrogens is 510 g/mol. The summed E-state index contributed by atoms with van der Waals surface area (Å²) < 4.78 is 11.1. The third-order valence-electron chi connectivity index (χ3n) is 6.89. The van der Waals surface area contributed by atoms with E-state index in [-0.39, 0.29) is 28.9 Å². The Kier molecular flexibility index (Phi) is 8.00. The van der Waals surface area contributed by atoms with Gasteiger partial charge < -0.3 is 24.6 Å². The summed E-state index contributed by atoms with van der Waals surface area (Å²) in [4.78, 5) is 39.6. The molecule has 40 heavy (non-hydrogen) atoms. The third kappa shape index (κ3) is 5.57. The second kappa shape index (κ2) is 11.3. The molecule has 0 spiro atoms. The van der Waals surface area contributed by atoms with Crippen molar-refractivity contribution in [3.8, 4) is 11.5 Å². The molecule has 3 aromatic rings. The number of carbonyl (C=O) groups is 3. The van der Waals surface area contributed by atoms with Gasteiger partial charge in [0.15, 0.2) is 0 Å². The maximum Gasteiger partial charge on any atom is 0.335 e. The summed E-state index contributed by atoms with van der Waals surface area (Å²) in [6, 6.07) is 17.4. The first-order valence-electron chi connectivity index (χ1n) is 13.0. The first-order chi connectivity index (χ1) is 19.0. The molecule has 3 aromatic carbocycles. The zero-order valence-corrected chi connectivity index (χ0v) is 23.2. The molecule has 8 nitrogen and oxygen atoms in total. The number of hydrogen-bond acceptors (Lipinski definition) is 6. The number of carbonyl (C=O) groups excluding carboxylic acids is 2. The fourth-order valence-electron chi connectivity index (χ4n) is 4.83. The Balaban J connectivity index is 1.86. The van der Waals surface area contributed by atoms with Gasteiger partial charge in [-0.3, -0.25) is 9.59 Å². The van der Waals surface area contributed by atoms with Crippen LogP contribution in [0.5, 0.6) is 11.5 Å². The normalized spacial score (nSPS) is 16.7. The Hall–Kier alpha value is -4.59. The lowest BCUT2D eigenvalue weighted by molar-refractivity contribution is -0.140. The summed E-state index contributed by atoms with van der Waals surface area (Å²) in [6.45, 7) is 8.49. The highest BCUT2D eigenvalue weighted by Gasteiger charge is 2.46. The van der Waals surface area contributed by atoms with Crippen LogP contribution in [0.1, 0.15) is 66.3 Å². The molecule has 1 aliphatic heterocycles. The second-order valence-corrected chi connectivity index (χ2v) is 10.6. The van der Waals surface area contributed by atoms with Crippen LogP contribution in [-0.4, -0.2) is 46.5 Å². The van der Waals surface area contributed by atoms with Gasteiger partial charge in [-0.15, -0.1) is 0 Å². The van der Waals surface area contributed by atoms with Crippen LogP contribution in [0.15, 0.2) is 72.3 Å². The Labute approximate surface area is 233 Å². The Morgan fingerprint density at radius 3 is 2.10 bits per heavy atom. The van der Waals surface area contributed by atoms with Crippen molar-refractivity contribution < 1.29 is 34.1 Å². The van der Waals surface area contributed by atoms with E-state index in [1.165, 1.54) is 17.0 Å². The molecule has 8 heteroatoms. The van der Waals surface area contributed by atoms with Gasteiger partial charge in [0.25, 0.3) is 11.7 Å². The van der Waals surface area contributed by atoms with Crippen molar-refractivity contribution in [1.29, 1.82) is 0 Å². The third-order valence-corrected chi connectivity index (χ3v) is 6.89. The zero-order chi connectivity index (χ0) is 29.2. The highest BCUT2D eigenvalue weighted by atomic mass is 16.5. The number of likely N-dealkylation sites (tertiary alicyclic amines) is 1. The number of amides is 1. The van der Waals surface area contributed by atoms with E-state index in [9.17, 15) is 24.6 Å². The van der Waals surface area contributed by atoms with E-state index in [1.807, 2.05) is 27.7 Å². The number of hydrogen-bond donors (Lipinski definition) is 2. The van der Waals surface area contributed by atoms with Crippen molar-refractivity contribution in [3.05, 3.63) is 100 Å². The van der Waals surface area contributed by atoms with Crippen molar-refractivity contribution in [2.75, 3.05) is 13.7 Å². The minimum absolute atomic E-state index is 0.0265. The number of ketones is 1. The Bertz CT molecular complexity index is 1460. The smallest absolute Gasteiger partial charge is 0.335 e. The number of carboxylic acids is 1. The molecule has 1 saturated heterocycles. The molecule has 1 amide bonds. The fraction of sp³-hybridized carbons (Fsp3) is 0.281. The van der Waals surface area contributed by atoms with Gasteiger partial charge in [-0.2, -0.15) is 0 Å². The number of aliphatic hydroxyl groups is 1. The number of aliphatic hydroxyl groups excluding tert-OH is 1. The molecule has 0 aromatic heterocycles. The molecule has 0 aliphatic carbocycles. The summed E-state index contributed by atoms with van der Waals surface area (Å²) in [5, 5.41) is 20.8. The van der Waals surface area contributed by atoms with E-state index in [1.54, 1.807) is 61.7 Å². The molecular formula is C32H33NO7. The number of benzene rings is 3. The molecule has 1 atom stereocenters. The number of nitrogens with zero attached hydrogens (tertiary/aromatic N) is 1. The van der Waals surface area contributed by atoms with E-state index in [4.69, 9.17) is 9.47 Å². The van der Waals surface area contributed by atoms with Crippen molar-refractivity contribution in [2.24, 2.45) is 0 Å². The topological polar surface area (TPSA) is 113 Å². The van der Waals surface area contributed by atoms with E-state index in [2.05, 4.69) is 0 Å². The summed E-state index contributed by atoms with van der Waals surface area (Å²) >= 11 is 0. The van der Waals surface area contributed by atoms with Crippen LogP contribution < -0.4 is 9.47 Å². The van der Waals surface area contributed by atoms with Gasteiger partial charge in [0.05, 0.1) is 30.9 Å². The molecule has 1 heterocycles. The molecule has 0 bridgehead atoms. The maximum absolute atomic E-state index is 13.5. The Morgan fingerprint density at radius 2 is 1.55 bits per heavy atom. The van der Waals surface area contributed by atoms with Gasteiger partial charge in [0.1, 0.15) is 17.3 Å². The summed E-state index contributed by atoms with van der Waals surface area (Å²) in [7, 11) is 1.54. The van der Waals surface area contributed by atoms with Crippen LogP contribution in [-0.2, 0) is 21.5 Å². The molecule has 1 fully saturated rings. The summed E-state index contributed by atoms with van der Waals surface area (Å²) in [5.41, 5.74) is 2.28. The van der Waals surface area contributed by atoms with E-state index in [0.29, 0.717) is 34.8 Å². The molecule has 0 radical (unpaired) electrons. The van der Waals surface area contributed by atoms with E-state index < -0.39 is 23.7 Å². The first-order valence-corrected chi connectivity index (χ1v) is 13.0. The SMILES string of the molecule is CCOc1ccc(/C(O)=C2/C(=O)C(=O)N(Cc3ccc(C(=O)O)cc3)C2c2ccc(OC)cc2)cc1C(C)(C)C. The van der Waals surface area contributed by atoms with E-state index >= 15 is 0 Å². The lowest BCUT2D eigenvalue weighted by Crippen LogP contribution is -2.29. The highest BCUT2D eigenvalue weighted by Crippen LogP contribution is 2.42. The lowest BCUT2D eigenvalue weighted by atomic mass is 9.84. The zero-order valence-electron chi connectivity index (χ0n) is 23.2. The van der Waals surface area contributed by atoms with Gasteiger partial charge in [0, 0.05) is 17.7 Å². The number of ether oxygens (including phenoxy) is 2. The number of Topliss-reactive ketones (excluding diaryl/α,β-unsaturated/α-hetero) is 1. The fourth-order valence-corrected chi connectivity index (χ4v) is 4.83. The number of methoxy groups -OCH3 is 1. The van der Waals surface area contributed by atoms with Gasteiger partial charge in [0.2, 0.25) is 0 Å². The standard InChI is InChI=1S/C32H33NO7/c1-6-40-25-16-13-22(17-24(25)32(2,3)4)28(34)26-27(20-11-14-23(39-5)15-12-20)33(30(36)29(26)35)18-19-7-9-21(10-8-19)31(37)38/h7-17,27,34H,6,18H2,1-5H3,(H,37,38)/b28-26-. The van der Waals surface area contributed by atoms with Crippen LogP contribution >= 0.6 is 0 Å². The van der Waals surface area contributed by atoms with Gasteiger partial charge in [-0.1, -0.05) is 45.0 Å². The lowest BCUT2D eigenvalue weighted by Gasteiger charge is -2.26. The molecule has 4 rings (SSSR count). The second-order valence-electron chi connectivity index (χ2n) is 10.6. The average Bonchev–Trinajstić information content (AvgIpc) is 3.17. The predicted octanol–water partition coefficient (Wildman–Crippen LogP) is 5.71. The van der Waals surface area contributed by atoms with Crippen LogP contribution in [0.2, 0.25) is 0 Å². The van der Waals surface area contributed by atoms with Crippen molar-refractivity contribution in [1.82, 2.24) is 4.90 Å². The van der Waals surface area contributed by atoms with Gasteiger partial charge in [-0.05, 0) is 65.9 Å². The summed E-state index contributed by atoms with van der Waals surface area (Å²) in [6.07, 6.45) is 0. The van der Waals surface area contributed by atoms with Crippen molar-refractivity contribution in [3.63, 3.8) is 0 Å². The molecule has 0 saturated carbocycles. The minimum atomic E-state index is -1.06. The minimum Gasteiger partial charge on any atom is -0.507 e. The van der Waals surface area contributed by atoms with Crippen molar-refractivity contribution in [2.45, 2.75) is 45.7 Å². The van der Waals surface area contributed by atoms with Crippen LogP contribution in [0.3, 0.4) is 0 Å². The van der Waals surface area contributed by atoms with Crippen molar-refractivity contribution >= 4 is 23.4 Å². The predicted molar refractivity (Wildman–Crippen MR) is 151 cm³/mol. The highest BCUT2D eigenvalue weighted by molar-refractivity contribution is 6.46. The van der Waals surface area contributed by atoms with E-state index in [0.717, 1.165) is 5.56 Å². The molecule has 2 N–H and O–H groups in total. The van der Waals surface area contributed by atoms with Gasteiger partial charge >= 0.3 is 5.97 Å². The number of aromatic carboxylic acids is 1. The monoisotopic (exact) mass is 543 g/mol. The first kappa shape index (κ1) is 28.4. The summed E-state index contributed by atoms with van der Waals surface area (Å²) in [5.74, 6) is -1.61. The molecule has 1 unspecified atom stereocenters. The quantitative estimate of drug-likeness (QED) is 0.212. The average molecular weight is 544 g/mol. The molecule has 1 aliphatic rings. The Morgan fingerprint density at radius 1 is 0.925 bits per heavy atom. The van der Waals surface area contributed by atoms with Crippen LogP contribution in [0.25, 0.3) is 5.76 Å². The van der Waals surface area contributed by atoms with Gasteiger partial charge in [-0.25, -0.2) is 4.79 Å². The maximum atomic E-state index is 13.5.